The van der Waals surface area contributed by atoms with Crippen LogP contribution in [0.3, 0.4) is 0 Å². The maximum Gasteiger partial charge on any atom is 0.214 e. The van der Waals surface area contributed by atoms with Crippen LogP contribution in [0.25, 0.3) is 22.3 Å². The summed E-state index contributed by atoms with van der Waals surface area (Å²) in [6.45, 7) is 2.45. The highest BCUT2D eigenvalue weighted by atomic mass is 19.1. The van der Waals surface area contributed by atoms with E-state index in [4.69, 9.17) is 13.9 Å². The van der Waals surface area contributed by atoms with E-state index in [1.165, 1.54) is 44.2 Å². The molecule has 0 atom stereocenters. The first-order valence-corrected chi connectivity index (χ1v) is 10.7. The number of ketones is 2. The molecule has 0 amide bonds. The number of fused-ring (bicyclic) bond motifs is 1. The highest BCUT2D eigenvalue weighted by molar-refractivity contribution is 6.04. The molecule has 0 aliphatic rings. The van der Waals surface area contributed by atoms with Gasteiger partial charge in [-0.05, 0) is 43.7 Å². The van der Waals surface area contributed by atoms with Gasteiger partial charge in [0.1, 0.15) is 29.3 Å². The molecule has 1 N–H and O–H groups in total. The summed E-state index contributed by atoms with van der Waals surface area (Å²) in [4.78, 5) is 37.1. The fraction of sp³-hybridized carbons (Fsp3) is 0.148. The van der Waals surface area contributed by atoms with E-state index in [9.17, 15) is 23.9 Å². The first-order valence-electron chi connectivity index (χ1n) is 10.7. The molecule has 7 nitrogen and oxygen atoms in total. The number of phenolic OH excluding ortho intramolecular Hbond substituents is 1. The van der Waals surface area contributed by atoms with Gasteiger partial charge in [0.2, 0.25) is 11.9 Å². The zero-order valence-electron chi connectivity index (χ0n) is 18.9. The summed E-state index contributed by atoms with van der Waals surface area (Å²) in [6, 6.07) is 16.7. The molecule has 1 heterocycles. The number of Topliss-reactive ketones (excluding diaryl/α,β-unsaturated/α-hetero) is 2. The number of rotatable bonds is 8. The van der Waals surface area contributed by atoms with E-state index in [1.54, 1.807) is 0 Å². The predicted molar refractivity (Wildman–Crippen MR) is 126 cm³/mol. The molecule has 0 spiro atoms. The van der Waals surface area contributed by atoms with Gasteiger partial charge in [0.25, 0.3) is 0 Å². The maximum atomic E-state index is 13.4. The molecule has 4 rings (SSSR count). The second-order valence-corrected chi connectivity index (χ2v) is 7.90. The fourth-order valence-electron chi connectivity index (χ4n) is 3.55. The van der Waals surface area contributed by atoms with Gasteiger partial charge in [-0.3, -0.25) is 14.4 Å². The highest BCUT2D eigenvalue weighted by Crippen LogP contribution is 2.42. The highest BCUT2D eigenvalue weighted by Gasteiger charge is 2.28. The Kier molecular flexibility index (Phi) is 6.64. The van der Waals surface area contributed by atoms with Crippen molar-refractivity contribution in [3.63, 3.8) is 0 Å². The molecule has 8 heteroatoms. The second kappa shape index (κ2) is 9.80. The minimum Gasteiger partial charge on any atom is -0.507 e. The summed E-state index contributed by atoms with van der Waals surface area (Å²) in [5.74, 6) is -2.20. The van der Waals surface area contributed by atoms with Crippen LogP contribution in [-0.2, 0) is 16.2 Å². The van der Waals surface area contributed by atoms with E-state index < -0.39 is 34.7 Å². The average Bonchev–Trinajstić information content (AvgIpc) is 2.82. The lowest BCUT2D eigenvalue weighted by Crippen LogP contribution is -2.32. The van der Waals surface area contributed by atoms with Gasteiger partial charge in [-0.25, -0.2) is 4.39 Å². The molecule has 0 bridgehead atoms. The van der Waals surface area contributed by atoms with Gasteiger partial charge in [-0.15, -0.1) is 0 Å². The number of aromatic hydroxyl groups is 1. The molecule has 35 heavy (non-hydrogen) atoms. The predicted octanol–water partition coefficient (Wildman–Crippen LogP) is 4.81. The van der Waals surface area contributed by atoms with Crippen LogP contribution in [-0.4, -0.2) is 22.8 Å². The first-order chi connectivity index (χ1) is 16.7. The van der Waals surface area contributed by atoms with Crippen molar-refractivity contribution in [3.05, 3.63) is 88.3 Å². The summed E-state index contributed by atoms with van der Waals surface area (Å²) in [6.07, 6.45) is -1.48. The summed E-state index contributed by atoms with van der Waals surface area (Å²) < 4.78 is 30.9. The Morgan fingerprint density at radius 3 is 2.29 bits per heavy atom. The molecule has 0 saturated carbocycles. The van der Waals surface area contributed by atoms with Crippen molar-refractivity contribution in [2.24, 2.45) is 0 Å². The van der Waals surface area contributed by atoms with E-state index in [1.807, 2.05) is 30.3 Å². The van der Waals surface area contributed by atoms with Crippen molar-refractivity contribution >= 4 is 22.5 Å². The number of benzene rings is 3. The van der Waals surface area contributed by atoms with Crippen molar-refractivity contribution < 1.29 is 33.0 Å². The van der Waals surface area contributed by atoms with E-state index >= 15 is 0 Å². The Labute approximate surface area is 199 Å². The van der Waals surface area contributed by atoms with Crippen molar-refractivity contribution in [3.8, 4) is 28.6 Å². The molecule has 3 aromatic carbocycles. The summed E-state index contributed by atoms with van der Waals surface area (Å²) in [5.41, 5.74) is 0.368. The SMILES string of the molecule is CC(=O)C(Oc1c(OCc2ccccc2)cc(O)c2c(=O)cc(-c3ccc(F)cc3)oc12)C(C)=O. The number of halogens is 1. The molecule has 0 unspecified atom stereocenters. The molecular weight excluding hydrogens is 455 g/mol. The number of carbonyl (C=O) groups excluding carboxylic acids is 2. The fourth-order valence-corrected chi connectivity index (χ4v) is 3.55. The lowest BCUT2D eigenvalue weighted by atomic mass is 10.1. The zero-order valence-corrected chi connectivity index (χ0v) is 18.9. The number of hydrogen-bond acceptors (Lipinski definition) is 7. The van der Waals surface area contributed by atoms with E-state index in [0.717, 1.165) is 11.6 Å². The Morgan fingerprint density at radius 2 is 1.66 bits per heavy atom. The Bertz CT molecular complexity index is 1440. The second-order valence-electron chi connectivity index (χ2n) is 7.90. The maximum absolute atomic E-state index is 13.4. The molecular formula is C27H21FO7. The monoisotopic (exact) mass is 476 g/mol. The van der Waals surface area contributed by atoms with Crippen molar-refractivity contribution in [1.29, 1.82) is 0 Å². The molecule has 4 aromatic rings. The summed E-state index contributed by atoms with van der Waals surface area (Å²) in [5, 5.41) is 10.4. The minimum atomic E-state index is -1.48. The minimum absolute atomic E-state index is 0.0363. The van der Waals surface area contributed by atoms with Gasteiger partial charge >= 0.3 is 0 Å². The van der Waals surface area contributed by atoms with Crippen LogP contribution in [0.15, 0.2) is 75.9 Å². The normalized spacial score (nSPS) is 11.0. The summed E-state index contributed by atoms with van der Waals surface area (Å²) >= 11 is 0. The smallest absolute Gasteiger partial charge is 0.214 e. The average molecular weight is 476 g/mol. The van der Waals surface area contributed by atoms with Crippen LogP contribution in [0.1, 0.15) is 19.4 Å². The van der Waals surface area contributed by atoms with Crippen molar-refractivity contribution in [2.45, 2.75) is 26.6 Å². The van der Waals surface area contributed by atoms with E-state index in [0.29, 0.717) is 5.56 Å². The van der Waals surface area contributed by atoms with Gasteiger partial charge in [-0.1, -0.05) is 30.3 Å². The third-order valence-corrected chi connectivity index (χ3v) is 5.24. The topological polar surface area (TPSA) is 103 Å². The van der Waals surface area contributed by atoms with Crippen LogP contribution in [0.4, 0.5) is 4.39 Å². The van der Waals surface area contributed by atoms with Gasteiger partial charge in [0.05, 0.1) is 0 Å². The number of carbonyl (C=O) groups is 2. The van der Waals surface area contributed by atoms with Crippen LogP contribution >= 0.6 is 0 Å². The van der Waals surface area contributed by atoms with Crippen LogP contribution in [0, 0.1) is 5.82 Å². The van der Waals surface area contributed by atoms with Crippen molar-refractivity contribution in [2.75, 3.05) is 0 Å². The number of ether oxygens (including phenoxy) is 2. The Morgan fingerprint density at radius 1 is 1.00 bits per heavy atom. The Hall–Kier alpha value is -4.46. The lowest BCUT2D eigenvalue weighted by Gasteiger charge is -2.19. The quantitative estimate of drug-likeness (QED) is 0.364. The molecule has 0 saturated heterocycles. The summed E-state index contributed by atoms with van der Waals surface area (Å²) in [7, 11) is 0. The van der Waals surface area contributed by atoms with Crippen LogP contribution in [0.5, 0.6) is 17.2 Å². The van der Waals surface area contributed by atoms with E-state index in [-0.39, 0.29) is 34.8 Å². The van der Waals surface area contributed by atoms with Crippen molar-refractivity contribution in [1.82, 2.24) is 0 Å². The third-order valence-electron chi connectivity index (χ3n) is 5.24. The molecule has 0 aliphatic carbocycles. The standard InChI is InChI=1S/C27H21FO7/c1-15(29)25(16(2)30)35-26-23(33-14-17-6-4-3-5-7-17)13-21(32)24-20(31)12-22(34-27(24)26)18-8-10-19(28)11-9-18/h3-13,25,32H,14H2,1-2H3. The van der Waals surface area contributed by atoms with Gasteiger partial charge in [0, 0.05) is 17.7 Å². The molecule has 0 aliphatic heterocycles. The van der Waals surface area contributed by atoms with Crippen LogP contribution in [0.2, 0.25) is 0 Å². The number of phenols is 1. The van der Waals surface area contributed by atoms with Crippen LogP contribution < -0.4 is 14.9 Å². The molecule has 0 radical (unpaired) electrons. The zero-order chi connectivity index (χ0) is 25.1. The van der Waals surface area contributed by atoms with Gasteiger partial charge < -0.3 is 19.0 Å². The largest absolute Gasteiger partial charge is 0.507 e. The third kappa shape index (κ3) is 5.06. The van der Waals surface area contributed by atoms with Gasteiger partial charge in [0.15, 0.2) is 28.3 Å². The first kappa shape index (κ1) is 23.7. The van der Waals surface area contributed by atoms with Gasteiger partial charge in [-0.2, -0.15) is 0 Å². The lowest BCUT2D eigenvalue weighted by molar-refractivity contribution is -0.134. The Balaban J connectivity index is 1.92. The molecule has 0 fully saturated rings. The van der Waals surface area contributed by atoms with E-state index in [2.05, 4.69) is 0 Å². The molecule has 1 aromatic heterocycles. The molecule has 178 valence electrons. The number of hydrogen-bond donors (Lipinski definition) is 1.